The topological polar surface area (TPSA) is 34.8 Å². The predicted octanol–water partition coefficient (Wildman–Crippen LogP) is 2.96. The third-order valence-electron chi connectivity index (χ3n) is 3.94. The zero-order valence-corrected chi connectivity index (χ0v) is 12.7. The predicted molar refractivity (Wildman–Crippen MR) is 86.3 cm³/mol. The van der Waals surface area contributed by atoms with Gasteiger partial charge in [-0.1, -0.05) is 25.1 Å². The molecule has 3 aromatic rings. The summed E-state index contributed by atoms with van der Waals surface area (Å²) in [4.78, 5) is 4.28. The largest absolute Gasteiger partial charge is 0.345 e. The van der Waals surface area contributed by atoms with Gasteiger partial charge in [-0.25, -0.2) is 4.98 Å². The number of para-hydroxylation sites is 1. The van der Waals surface area contributed by atoms with Crippen molar-refractivity contribution in [2.24, 2.45) is 0 Å². The number of hydrogen-bond acceptors (Lipinski definition) is 2. The lowest BCUT2D eigenvalue weighted by atomic mass is 10.1. The molecule has 3 rings (SSSR count). The van der Waals surface area contributed by atoms with E-state index in [1.807, 2.05) is 19.3 Å². The molecule has 110 valence electrons. The summed E-state index contributed by atoms with van der Waals surface area (Å²) < 4.78 is 4.54. The molecule has 4 nitrogen and oxygen atoms in total. The number of imidazole rings is 1. The van der Waals surface area contributed by atoms with Crippen molar-refractivity contribution in [2.75, 3.05) is 6.54 Å². The molecule has 0 aliphatic heterocycles. The Balaban J connectivity index is 1.86. The minimum Gasteiger partial charge on any atom is -0.345 e. The Bertz CT molecular complexity index is 723. The van der Waals surface area contributed by atoms with E-state index in [2.05, 4.69) is 56.8 Å². The second-order valence-electron chi connectivity index (χ2n) is 5.31. The lowest BCUT2D eigenvalue weighted by Gasteiger charge is -2.11. The molecule has 0 unspecified atom stereocenters. The number of nitrogens with zero attached hydrogens (tertiary/aromatic N) is 3. The average Bonchev–Trinajstić information content (AvgIpc) is 3.09. The molecule has 0 saturated heterocycles. The van der Waals surface area contributed by atoms with E-state index >= 15 is 0 Å². The molecular weight excluding hydrogens is 260 g/mol. The van der Waals surface area contributed by atoms with Crippen LogP contribution in [0.3, 0.4) is 0 Å². The fraction of sp³-hybridized carbons (Fsp3) is 0.353. The Kier molecular flexibility index (Phi) is 4.06. The summed E-state index contributed by atoms with van der Waals surface area (Å²) in [7, 11) is 0. The van der Waals surface area contributed by atoms with E-state index in [1.54, 1.807) is 0 Å². The highest BCUT2D eigenvalue weighted by atomic mass is 15.1. The maximum atomic E-state index is 4.28. The van der Waals surface area contributed by atoms with Gasteiger partial charge in [-0.3, -0.25) is 0 Å². The van der Waals surface area contributed by atoms with Crippen LogP contribution in [-0.2, 0) is 19.6 Å². The van der Waals surface area contributed by atoms with E-state index in [0.29, 0.717) is 0 Å². The van der Waals surface area contributed by atoms with Gasteiger partial charge in [-0.15, -0.1) is 0 Å². The number of aromatic nitrogens is 3. The van der Waals surface area contributed by atoms with Crippen molar-refractivity contribution in [1.29, 1.82) is 0 Å². The van der Waals surface area contributed by atoms with E-state index in [-0.39, 0.29) is 0 Å². The molecule has 0 radical (unpaired) electrons. The molecule has 4 heteroatoms. The average molecular weight is 282 g/mol. The quantitative estimate of drug-likeness (QED) is 0.754. The number of benzene rings is 1. The van der Waals surface area contributed by atoms with Crippen LogP contribution in [0.25, 0.3) is 10.9 Å². The molecule has 2 aromatic heterocycles. The Labute approximate surface area is 125 Å². The second-order valence-corrected chi connectivity index (χ2v) is 5.31. The van der Waals surface area contributed by atoms with Gasteiger partial charge in [0.1, 0.15) is 5.82 Å². The van der Waals surface area contributed by atoms with E-state index in [0.717, 1.165) is 32.0 Å². The molecule has 0 atom stereocenters. The maximum Gasteiger partial charge on any atom is 0.105 e. The Morgan fingerprint density at radius 3 is 2.71 bits per heavy atom. The number of aryl methyl sites for hydroxylation is 3. The molecule has 1 N–H and O–H groups in total. The molecule has 0 fully saturated rings. The van der Waals surface area contributed by atoms with Gasteiger partial charge in [0.2, 0.25) is 0 Å². The summed E-state index contributed by atoms with van der Waals surface area (Å²) in [6, 6.07) is 8.73. The first-order valence-corrected chi connectivity index (χ1v) is 7.54. The van der Waals surface area contributed by atoms with E-state index in [1.165, 1.54) is 16.5 Å². The van der Waals surface area contributed by atoms with Gasteiger partial charge in [-0.2, -0.15) is 0 Å². The van der Waals surface area contributed by atoms with Crippen molar-refractivity contribution in [3.05, 3.63) is 54.2 Å². The lowest BCUT2D eigenvalue weighted by Crippen LogP contribution is -2.13. The van der Waals surface area contributed by atoms with Gasteiger partial charge in [-0.05, 0) is 30.5 Å². The van der Waals surface area contributed by atoms with Crippen LogP contribution in [0.15, 0.2) is 42.9 Å². The van der Waals surface area contributed by atoms with Crippen LogP contribution in [0.2, 0.25) is 0 Å². The van der Waals surface area contributed by atoms with Crippen molar-refractivity contribution < 1.29 is 0 Å². The number of fused-ring (bicyclic) bond motifs is 1. The van der Waals surface area contributed by atoms with E-state index in [4.69, 9.17) is 0 Å². The number of hydrogen-bond donors (Lipinski definition) is 1. The molecule has 0 spiro atoms. The molecule has 1 aromatic carbocycles. The third kappa shape index (κ3) is 2.85. The number of rotatable bonds is 6. The maximum absolute atomic E-state index is 4.28. The van der Waals surface area contributed by atoms with Crippen LogP contribution in [0.1, 0.15) is 18.3 Å². The first-order chi connectivity index (χ1) is 10.3. The normalized spacial score (nSPS) is 11.3. The van der Waals surface area contributed by atoms with Crippen molar-refractivity contribution in [2.45, 2.75) is 33.5 Å². The summed E-state index contributed by atoms with van der Waals surface area (Å²) in [5, 5.41) is 4.74. The Hall–Kier alpha value is -2.07. The van der Waals surface area contributed by atoms with E-state index < -0.39 is 0 Å². The Morgan fingerprint density at radius 2 is 1.95 bits per heavy atom. The zero-order chi connectivity index (χ0) is 14.7. The molecule has 0 aliphatic rings. The monoisotopic (exact) mass is 282 g/mol. The van der Waals surface area contributed by atoms with Gasteiger partial charge >= 0.3 is 0 Å². The van der Waals surface area contributed by atoms with Crippen LogP contribution >= 0.6 is 0 Å². The van der Waals surface area contributed by atoms with Crippen LogP contribution in [0.4, 0.5) is 0 Å². The molecule has 21 heavy (non-hydrogen) atoms. The SMILES string of the molecule is CCNCc1cccc2ccn(CCn3ccnc3C)c12. The summed E-state index contributed by atoms with van der Waals surface area (Å²) in [5.74, 6) is 1.07. The van der Waals surface area contributed by atoms with Gasteiger partial charge in [0, 0.05) is 38.2 Å². The van der Waals surface area contributed by atoms with Crippen LogP contribution in [0.5, 0.6) is 0 Å². The van der Waals surface area contributed by atoms with Gasteiger partial charge < -0.3 is 14.5 Å². The van der Waals surface area contributed by atoms with Crippen LogP contribution in [-0.4, -0.2) is 20.7 Å². The van der Waals surface area contributed by atoms with Gasteiger partial charge in [0.05, 0.1) is 5.52 Å². The van der Waals surface area contributed by atoms with Gasteiger partial charge in [0.15, 0.2) is 0 Å². The molecule has 0 saturated carbocycles. The van der Waals surface area contributed by atoms with E-state index in [9.17, 15) is 0 Å². The molecule has 0 bridgehead atoms. The smallest absolute Gasteiger partial charge is 0.105 e. The van der Waals surface area contributed by atoms with Crippen molar-refractivity contribution in [3.8, 4) is 0 Å². The third-order valence-corrected chi connectivity index (χ3v) is 3.94. The lowest BCUT2D eigenvalue weighted by molar-refractivity contribution is 0.578. The van der Waals surface area contributed by atoms with Crippen LogP contribution in [0, 0.1) is 6.92 Å². The first kappa shape index (κ1) is 13.9. The molecular formula is C17H22N4. The molecule has 0 aliphatic carbocycles. The van der Waals surface area contributed by atoms with Crippen molar-refractivity contribution >= 4 is 10.9 Å². The zero-order valence-electron chi connectivity index (χ0n) is 12.7. The standard InChI is InChI=1S/C17H22N4/c1-3-18-13-16-6-4-5-15-7-9-21(17(15)16)12-11-20-10-8-19-14(20)2/h4-10,18H,3,11-13H2,1-2H3. The number of nitrogens with one attached hydrogen (secondary N) is 1. The summed E-state index contributed by atoms with van der Waals surface area (Å²) in [6.07, 6.45) is 6.09. The van der Waals surface area contributed by atoms with Crippen LogP contribution < -0.4 is 5.32 Å². The fourth-order valence-electron chi connectivity index (χ4n) is 2.78. The summed E-state index contributed by atoms with van der Waals surface area (Å²) >= 11 is 0. The molecule has 2 heterocycles. The fourth-order valence-corrected chi connectivity index (χ4v) is 2.78. The molecule has 0 amide bonds. The summed E-state index contributed by atoms with van der Waals surface area (Å²) in [5.41, 5.74) is 2.71. The van der Waals surface area contributed by atoms with Crippen molar-refractivity contribution in [3.63, 3.8) is 0 Å². The first-order valence-electron chi connectivity index (χ1n) is 7.54. The van der Waals surface area contributed by atoms with Gasteiger partial charge in [0.25, 0.3) is 0 Å². The highest BCUT2D eigenvalue weighted by molar-refractivity contribution is 5.83. The minimum absolute atomic E-state index is 0.919. The highest BCUT2D eigenvalue weighted by Gasteiger charge is 2.06. The summed E-state index contributed by atoms with van der Waals surface area (Å²) in [6.45, 7) is 8.01. The Morgan fingerprint density at radius 1 is 1.10 bits per heavy atom. The minimum atomic E-state index is 0.919. The van der Waals surface area contributed by atoms with Crippen molar-refractivity contribution in [1.82, 2.24) is 19.4 Å². The second kappa shape index (κ2) is 6.14. The highest BCUT2D eigenvalue weighted by Crippen LogP contribution is 2.20.